The first kappa shape index (κ1) is 10.0. The van der Waals surface area contributed by atoms with Gasteiger partial charge in [-0.3, -0.25) is 4.68 Å². The van der Waals surface area contributed by atoms with Crippen molar-refractivity contribution in [3.05, 3.63) is 18.5 Å². The summed E-state index contributed by atoms with van der Waals surface area (Å²) in [4.78, 5) is 0. The van der Waals surface area contributed by atoms with Crippen molar-refractivity contribution < 1.29 is 18.3 Å². The summed E-state index contributed by atoms with van der Waals surface area (Å²) in [5.74, 6) is 0. The number of aliphatic hydroxyl groups excluding tert-OH is 1. The van der Waals surface area contributed by atoms with Gasteiger partial charge in [0.05, 0.1) is 0 Å². The van der Waals surface area contributed by atoms with Gasteiger partial charge in [-0.15, -0.1) is 0 Å². The van der Waals surface area contributed by atoms with Crippen LogP contribution in [-0.2, 0) is 0 Å². The highest BCUT2D eigenvalue weighted by molar-refractivity contribution is 4.84. The Hall–Kier alpha value is -1.04. The Morgan fingerprint density at radius 2 is 2.15 bits per heavy atom. The Balaban J connectivity index is 2.81. The fraction of sp³-hybridized carbons (Fsp3) is 0.571. The second-order valence-electron chi connectivity index (χ2n) is 2.56. The largest absolute Gasteiger partial charge is 0.410 e. The maximum atomic E-state index is 12.3. The van der Waals surface area contributed by atoms with Crippen molar-refractivity contribution >= 4 is 0 Å². The van der Waals surface area contributed by atoms with Crippen molar-refractivity contribution in [1.29, 1.82) is 0 Å². The molecule has 74 valence electrons. The summed E-state index contributed by atoms with van der Waals surface area (Å²) in [5, 5.41) is 11.9. The van der Waals surface area contributed by atoms with Crippen LogP contribution >= 0.6 is 0 Å². The molecule has 13 heavy (non-hydrogen) atoms. The van der Waals surface area contributed by atoms with Gasteiger partial charge in [-0.05, 0) is 6.07 Å². The molecule has 0 saturated heterocycles. The highest BCUT2D eigenvalue weighted by Crippen LogP contribution is 2.32. The number of halogens is 3. The summed E-state index contributed by atoms with van der Waals surface area (Å²) in [6, 6.07) is -0.316. The van der Waals surface area contributed by atoms with Crippen molar-refractivity contribution in [2.75, 3.05) is 6.61 Å². The van der Waals surface area contributed by atoms with Crippen LogP contribution in [-0.4, -0.2) is 27.7 Å². The molecule has 0 bridgehead atoms. The molecule has 1 N–H and O–H groups in total. The minimum atomic E-state index is -4.37. The molecule has 0 aliphatic heterocycles. The van der Waals surface area contributed by atoms with Crippen LogP contribution in [0.2, 0.25) is 0 Å². The van der Waals surface area contributed by atoms with Gasteiger partial charge in [0.1, 0.15) is 6.04 Å². The zero-order valence-corrected chi connectivity index (χ0v) is 6.70. The Labute approximate surface area is 72.8 Å². The Kier molecular flexibility index (Phi) is 2.92. The number of aliphatic hydroxyl groups is 1. The Bertz CT molecular complexity index is 245. The standard InChI is InChI=1S/C7H9F3N2O/c8-7(9,10)6(2-5-13)12-4-1-3-11-12/h1,3-4,6,13H,2,5H2/t6-/m0/s1. The fourth-order valence-corrected chi connectivity index (χ4v) is 1.03. The van der Waals surface area contributed by atoms with Crippen LogP contribution in [0.3, 0.4) is 0 Å². The number of rotatable bonds is 3. The molecular weight excluding hydrogens is 185 g/mol. The van der Waals surface area contributed by atoms with E-state index in [2.05, 4.69) is 5.10 Å². The molecule has 0 aromatic carbocycles. The van der Waals surface area contributed by atoms with Gasteiger partial charge < -0.3 is 5.11 Å². The summed E-state index contributed by atoms with van der Waals surface area (Å²) in [7, 11) is 0. The van der Waals surface area contributed by atoms with E-state index in [1.54, 1.807) is 0 Å². The molecule has 1 heterocycles. The van der Waals surface area contributed by atoms with Crippen LogP contribution in [0.5, 0.6) is 0 Å². The Morgan fingerprint density at radius 1 is 1.46 bits per heavy atom. The highest BCUT2D eigenvalue weighted by Gasteiger charge is 2.40. The molecule has 0 spiro atoms. The van der Waals surface area contributed by atoms with Crippen LogP contribution in [0.15, 0.2) is 18.5 Å². The van der Waals surface area contributed by atoms with Gasteiger partial charge in [0.15, 0.2) is 0 Å². The third-order valence-corrected chi connectivity index (χ3v) is 1.62. The molecule has 0 saturated carbocycles. The average molecular weight is 194 g/mol. The molecule has 0 unspecified atom stereocenters. The van der Waals surface area contributed by atoms with Crippen LogP contribution in [0, 0.1) is 0 Å². The molecule has 0 aliphatic carbocycles. The molecule has 1 aromatic heterocycles. The minimum absolute atomic E-state index is 0.370. The first-order valence-corrected chi connectivity index (χ1v) is 3.72. The van der Waals surface area contributed by atoms with E-state index in [0.29, 0.717) is 0 Å². The zero-order valence-electron chi connectivity index (χ0n) is 6.70. The van der Waals surface area contributed by atoms with E-state index in [0.717, 1.165) is 4.68 Å². The SMILES string of the molecule is OCC[C@H](n1cccn1)C(F)(F)F. The average Bonchev–Trinajstić information content (AvgIpc) is 2.49. The molecule has 1 atom stereocenters. The number of hydrogen-bond donors (Lipinski definition) is 1. The summed E-state index contributed by atoms with van der Waals surface area (Å²) >= 11 is 0. The first-order chi connectivity index (χ1) is 6.05. The summed E-state index contributed by atoms with van der Waals surface area (Å²) in [6.07, 6.45) is -2.23. The van der Waals surface area contributed by atoms with Gasteiger partial charge in [0.25, 0.3) is 0 Å². The number of nitrogens with zero attached hydrogens (tertiary/aromatic N) is 2. The molecular formula is C7H9F3N2O. The molecule has 3 nitrogen and oxygen atoms in total. The summed E-state index contributed by atoms with van der Waals surface area (Å²) in [6.45, 7) is -0.510. The zero-order chi connectivity index (χ0) is 9.90. The summed E-state index contributed by atoms with van der Waals surface area (Å²) in [5.41, 5.74) is 0. The summed E-state index contributed by atoms with van der Waals surface area (Å²) < 4.78 is 37.7. The molecule has 0 aliphatic rings. The first-order valence-electron chi connectivity index (χ1n) is 3.72. The van der Waals surface area contributed by atoms with Crippen molar-refractivity contribution in [1.82, 2.24) is 9.78 Å². The van der Waals surface area contributed by atoms with Crippen LogP contribution < -0.4 is 0 Å². The van der Waals surface area contributed by atoms with E-state index in [-0.39, 0.29) is 6.42 Å². The molecule has 0 fully saturated rings. The van der Waals surface area contributed by atoms with Gasteiger partial charge in [0, 0.05) is 25.4 Å². The van der Waals surface area contributed by atoms with Crippen LogP contribution in [0.4, 0.5) is 13.2 Å². The number of aromatic nitrogens is 2. The van der Waals surface area contributed by atoms with Crippen molar-refractivity contribution in [2.45, 2.75) is 18.6 Å². The predicted molar refractivity (Wildman–Crippen MR) is 39.0 cm³/mol. The molecule has 1 aromatic rings. The van der Waals surface area contributed by atoms with Crippen molar-refractivity contribution in [3.8, 4) is 0 Å². The second kappa shape index (κ2) is 3.78. The minimum Gasteiger partial charge on any atom is -0.396 e. The van der Waals surface area contributed by atoms with Crippen LogP contribution in [0.25, 0.3) is 0 Å². The van der Waals surface area contributed by atoms with Crippen molar-refractivity contribution in [3.63, 3.8) is 0 Å². The van der Waals surface area contributed by atoms with Gasteiger partial charge in [-0.2, -0.15) is 18.3 Å². The fourth-order valence-electron chi connectivity index (χ4n) is 1.03. The lowest BCUT2D eigenvalue weighted by Crippen LogP contribution is -2.27. The van der Waals surface area contributed by atoms with E-state index < -0.39 is 18.8 Å². The van der Waals surface area contributed by atoms with Crippen LogP contribution in [0.1, 0.15) is 12.5 Å². The van der Waals surface area contributed by atoms with Gasteiger partial charge in [0.2, 0.25) is 0 Å². The second-order valence-corrected chi connectivity index (χ2v) is 2.56. The number of hydrogen-bond acceptors (Lipinski definition) is 2. The lowest BCUT2D eigenvalue weighted by atomic mass is 10.2. The highest BCUT2D eigenvalue weighted by atomic mass is 19.4. The third kappa shape index (κ3) is 2.45. The van der Waals surface area contributed by atoms with Gasteiger partial charge in [-0.1, -0.05) is 0 Å². The molecule has 0 radical (unpaired) electrons. The maximum absolute atomic E-state index is 12.3. The molecule has 0 amide bonds. The monoisotopic (exact) mass is 194 g/mol. The predicted octanol–water partition coefficient (Wildman–Crippen LogP) is 1.37. The quantitative estimate of drug-likeness (QED) is 0.789. The maximum Gasteiger partial charge on any atom is 0.410 e. The van der Waals surface area contributed by atoms with Crippen molar-refractivity contribution in [2.24, 2.45) is 0 Å². The van der Waals surface area contributed by atoms with E-state index >= 15 is 0 Å². The number of alkyl halides is 3. The van der Waals surface area contributed by atoms with E-state index in [1.165, 1.54) is 18.5 Å². The third-order valence-electron chi connectivity index (χ3n) is 1.62. The molecule has 6 heteroatoms. The lowest BCUT2D eigenvalue weighted by Gasteiger charge is -2.19. The topological polar surface area (TPSA) is 38.0 Å². The smallest absolute Gasteiger partial charge is 0.396 e. The van der Waals surface area contributed by atoms with E-state index in [9.17, 15) is 13.2 Å². The van der Waals surface area contributed by atoms with E-state index in [4.69, 9.17) is 5.11 Å². The lowest BCUT2D eigenvalue weighted by molar-refractivity contribution is -0.173. The van der Waals surface area contributed by atoms with E-state index in [1.807, 2.05) is 0 Å². The van der Waals surface area contributed by atoms with Gasteiger partial charge >= 0.3 is 6.18 Å². The Morgan fingerprint density at radius 3 is 2.54 bits per heavy atom. The normalized spacial score (nSPS) is 14.5. The van der Waals surface area contributed by atoms with Gasteiger partial charge in [-0.25, -0.2) is 0 Å². The molecule has 1 rings (SSSR count).